The highest BCUT2D eigenvalue weighted by Gasteiger charge is 2.35. The maximum absolute atomic E-state index is 11.8. The third-order valence-electron chi connectivity index (χ3n) is 3.36. The van der Waals surface area contributed by atoms with Gasteiger partial charge in [-0.25, -0.2) is 0 Å². The highest BCUT2D eigenvalue weighted by atomic mass is 32.1. The molecule has 4 nitrogen and oxygen atoms in total. The van der Waals surface area contributed by atoms with Gasteiger partial charge in [-0.1, -0.05) is 6.07 Å². The average Bonchev–Trinajstić information content (AvgIpc) is 3.14. The first-order chi connectivity index (χ1) is 9.65. The highest BCUT2D eigenvalue weighted by molar-refractivity contribution is 7.14. The van der Waals surface area contributed by atoms with Crippen molar-refractivity contribution in [1.82, 2.24) is 10.2 Å². The minimum absolute atomic E-state index is 0.113. The number of carbonyl (C=O) groups is 2. The molecule has 0 aliphatic carbocycles. The van der Waals surface area contributed by atoms with Crippen LogP contribution in [0.2, 0.25) is 0 Å². The molecule has 6 heteroatoms. The van der Waals surface area contributed by atoms with Crippen molar-refractivity contribution in [2.45, 2.75) is 19.0 Å². The average molecular weight is 306 g/mol. The summed E-state index contributed by atoms with van der Waals surface area (Å²) in [6.07, 6.45) is 0.262. The molecule has 1 aliphatic rings. The van der Waals surface area contributed by atoms with Crippen LogP contribution in [0.15, 0.2) is 29.0 Å². The van der Waals surface area contributed by atoms with Crippen LogP contribution in [-0.2, 0) is 16.1 Å². The van der Waals surface area contributed by atoms with E-state index in [1.165, 1.54) is 27.3 Å². The van der Waals surface area contributed by atoms with Crippen LogP contribution in [-0.4, -0.2) is 29.8 Å². The monoisotopic (exact) mass is 306 g/mol. The summed E-state index contributed by atoms with van der Waals surface area (Å²) < 4.78 is 0. The Morgan fingerprint density at radius 1 is 1.40 bits per heavy atom. The standard InChI is InChI=1S/C14H14N2O2S2/c1-16-13(17)6-11(14(16)18)15-7-10-5-9(8-20-10)12-3-2-4-19-12/h2-5,8,11,15H,6-7H2,1H3. The topological polar surface area (TPSA) is 49.4 Å². The lowest BCUT2D eigenvalue weighted by molar-refractivity contribution is -0.137. The van der Waals surface area contributed by atoms with Gasteiger partial charge in [0.1, 0.15) is 0 Å². The van der Waals surface area contributed by atoms with Crippen LogP contribution in [0.4, 0.5) is 0 Å². The van der Waals surface area contributed by atoms with Crippen LogP contribution in [0.1, 0.15) is 11.3 Å². The van der Waals surface area contributed by atoms with E-state index in [0.29, 0.717) is 6.54 Å². The molecule has 2 aromatic heterocycles. The van der Waals surface area contributed by atoms with Crippen LogP contribution in [0.25, 0.3) is 10.4 Å². The van der Waals surface area contributed by atoms with Gasteiger partial charge in [-0.3, -0.25) is 14.5 Å². The summed E-state index contributed by atoms with van der Waals surface area (Å²) >= 11 is 3.38. The molecule has 1 aliphatic heterocycles. The molecule has 1 saturated heterocycles. The number of likely N-dealkylation sites (N-methyl/N-ethyl adjacent to an activating group) is 1. The number of imide groups is 1. The van der Waals surface area contributed by atoms with Crippen molar-refractivity contribution >= 4 is 34.5 Å². The number of hydrogen-bond donors (Lipinski definition) is 1. The SMILES string of the molecule is CN1C(=O)CC(NCc2cc(-c3cccs3)cs2)C1=O. The van der Waals surface area contributed by atoms with Crippen LogP contribution in [0.5, 0.6) is 0 Å². The van der Waals surface area contributed by atoms with Crippen LogP contribution in [0.3, 0.4) is 0 Å². The van der Waals surface area contributed by atoms with E-state index in [0.717, 1.165) is 0 Å². The first kappa shape index (κ1) is 13.5. The molecule has 104 valence electrons. The number of likely N-dealkylation sites (tertiary alicyclic amines) is 1. The lowest BCUT2D eigenvalue weighted by Gasteiger charge is -2.09. The normalized spacial score (nSPS) is 19.1. The van der Waals surface area contributed by atoms with Gasteiger partial charge in [0, 0.05) is 28.9 Å². The molecule has 1 fully saturated rings. The van der Waals surface area contributed by atoms with Gasteiger partial charge >= 0.3 is 0 Å². The van der Waals surface area contributed by atoms with Gasteiger partial charge in [0.15, 0.2) is 0 Å². The highest BCUT2D eigenvalue weighted by Crippen LogP contribution is 2.29. The number of rotatable bonds is 4. The second-order valence-corrected chi connectivity index (χ2v) is 6.65. The minimum Gasteiger partial charge on any atom is -0.300 e. The van der Waals surface area contributed by atoms with E-state index in [9.17, 15) is 9.59 Å². The molecule has 0 saturated carbocycles. The van der Waals surface area contributed by atoms with Crippen molar-refractivity contribution in [2.75, 3.05) is 7.05 Å². The van der Waals surface area contributed by atoms with E-state index in [1.807, 2.05) is 6.07 Å². The molecular weight excluding hydrogens is 292 g/mol. The number of hydrogen-bond acceptors (Lipinski definition) is 5. The Morgan fingerprint density at radius 3 is 2.90 bits per heavy atom. The smallest absolute Gasteiger partial charge is 0.246 e. The first-order valence-electron chi connectivity index (χ1n) is 6.30. The van der Waals surface area contributed by atoms with Gasteiger partial charge in [0.05, 0.1) is 12.5 Å². The molecule has 0 spiro atoms. The van der Waals surface area contributed by atoms with Gasteiger partial charge in [-0.15, -0.1) is 22.7 Å². The van der Waals surface area contributed by atoms with E-state index in [-0.39, 0.29) is 24.3 Å². The Balaban J connectivity index is 1.62. The Morgan fingerprint density at radius 2 is 2.25 bits per heavy atom. The zero-order valence-electron chi connectivity index (χ0n) is 11.0. The fourth-order valence-electron chi connectivity index (χ4n) is 2.18. The van der Waals surface area contributed by atoms with Crippen LogP contribution < -0.4 is 5.32 Å². The van der Waals surface area contributed by atoms with Gasteiger partial charge in [0.25, 0.3) is 0 Å². The lowest BCUT2D eigenvalue weighted by Crippen LogP contribution is -2.36. The summed E-state index contributed by atoms with van der Waals surface area (Å²) in [4.78, 5) is 26.8. The number of amides is 2. The number of nitrogens with zero attached hydrogens (tertiary/aromatic N) is 1. The molecule has 20 heavy (non-hydrogen) atoms. The van der Waals surface area contributed by atoms with Crippen molar-refractivity contribution in [1.29, 1.82) is 0 Å². The van der Waals surface area contributed by atoms with Crippen molar-refractivity contribution < 1.29 is 9.59 Å². The molecule has 0 aromatic carbocycles. The molecule has 3 rings (SSSR count). The Bertz CT molecular complexity index is 633. The largest absolute Gasteiger partial charge is 0.300 e. The minimum atomic E-state index is -0.375. The number of nitrogens with one attached hydrogen (secondary N) is 1. The third kappa shape index (κ3) is 2.54. The van der Waals surface area contributed by atoms with Crippen molar-refractivity contribution in [2.24, 2.45) is 0 Å². The van der Waals surface area contributed by atoms with Crippen LogP contribution in [0, 0.1) is 0 Å². The third-order valence-corrected chi connectivity index (χ3v) is 5.22. The van der Waals surface area contributed by atoms with Gasteiger partial charge < -0.3 is 5.32 Å². The first-order valence-corrected chi connectivity index (χ1v) is 8.06. The summed E-state index contributed by atoms with van der Waals surface area (Å²) in [6, 6.07) is 5.89. The van der Waals surface area contributed by atoms with Gasteiger partial charge in [-0.2, -0.15) is 0 Å². The van der Waals surface area contributed by atoms with Crippen molar-refractivity contribution in [3.8, 4) is 10.4 Å². The zero-order valence-corrected chi connectivity index (χ0v) is 12.6. The lowest BCUT2D eigenvalue weighted by atomic mass is 10.2. The van der Waals surface area contributed by atoms with E-state index in [4.69, 9.17) is 0 Å². The number of thiophene rings is 2. The maximum Gasteiger partial charge on any atom is 0.246 e. The summed E-state index contributed by atoms with van der Waals surface area (Å²) in [7, 11) is 1.53. The van der Waals surface area contributed by atoms with E-state index in [1.54, 1.807) is 22.7 Å². The molecule has 1 unspecified atom stereocenters. The molecular formula is C14H14N2O2S2. The molecule has 1 atom stereocenters. The van der Waals surface area contributed by atoms with Crippen molar-refractivity contribution in [3.63, 3.8) is 0 Å². The predicted octanol–water partition coefficient (Wildman–Crippen LogP) is 2.32. The predicted molar refractivity (Wildman–Crippen MR) is 80.7 cm³/mol. The van der Waals surface area contributed by atoms with E-state index >= 15 is 0 Å². The van der Waals surface area contributed by atoms with E-state index in [2.05, 4.69) is 28.2 Å². The fraction of sp³-hybridized carbons (Fsp3) is 0.286. The van der Waals surface area contributed by atoms with Crippen molar-refractivity contribution in [3.05, 3.63) is 33.8 Å². The molecule has 0 radical (unpaired) electrons. The second-order valence-electron chi connectivity index (χ2n) is 4.71. The summed E-state index contributed by atoms with van der Waals surface area (Å²) in [6.45, 7) is 0.619. The van der Waals surface area contributed by atoms with Gasteiger partial charge in [0.2, 0.25) is 11.8 Å². The zero-order chi connectivity index (χ0) is 14.1. The second kappa shape index (κ2) is 5.47. The fourth-order valence-corrected chi connectivity index (χ4v) is 3.81. The molecule has 0 bridgehead atoms. The quantitative estimate of drug-likeness (QED) is 0.882. The van der Waals surface area contributed by atoms with Gasteiger partial charge in [-0.05, 0) is 22.9 Å². The maximum atomic E-state index is 11.8. The molecule has 3 heterocycles. The Kier molecular flexibility index (Phi) is 3.69. The summed E-state index contributed by atoms with van der Waals surface area (Å²) in [5.41, 5.74) is 1.22. The summed E-state index contributed by atoms with van der Waals surface area (Å²) in [5.74, 6) is -0.247. The summed E-state index contributed by atoms with van der Waals surface area (Å²) in [5, 5.41) is 7.35. The molecule has 1 N–H and O–H groups in total. The Hall–Kier alpha value is -1.50. The number of carbonyl (C=O) groups excluding carboxylic acids is 2. The van der Waals surface area contributed by atoms with Crippen LogP contribution >= 0.6 is 22.7 Å². The molecule has 2 aromatic rings. The molecule has 2 amide bonds. The Labute approximate surface area is 125 Å². The van der Waals surface area contributed by atoms with E-state index < -0.39 is 0 Å².